The first-order valence-electron chi connectivity index (χ1n) is 9.81. The Bertz CT molecular complexity index is 1380. The smallest absolute Gasteiger partial charge is 0.330 e. The highest BCUT2D eigenvalue weighted by Crippen LogP contribution is 2.34. The lowest BCUT2D eigenvalue weighted by atomic mass is 9.86. The van der Waals surface area contributed by atoms with E-state index in [0.717, 1.165) is 10.1 Å². The molecule has 4 aromatic rings. The van der Waals surface area contributed by atoms with Crippen LogP contribution in [0.25, 0.3) is 27.8 Å². The molecule has 0 saturated carbocycles. The van der Waals surface area contributed by atoms with Crippen LogP contribution in [-0.4, -0.2) is 18.8 Å². The number of phenols is 1. The van der Waals surface area contributed by atoms with Crippen molar-refractivity contribution in [2.45, 2.75) is 26.2 Å². The van der Waals surface area contributed by atoms with Crippen molar-refractivity contribution in [3.63, 3.8) is 0 Å². The van der Waals surface area contributed by atoms with Crippen LogP contribution in [-0.2, 0) is 19.5 Å². The lowest BCUT2D eigenvalue weighted by molar-refractivity contribution is 0.472. The number of hydrogen-bond acceptors (Lipinski definition) is 3. The first-order valence-corrected chi connectivity index (χ1v) is 9.81. The lowest BCUT2D eigenvalue weighted by Gasteiger charge is -2.19. The molecule has 0 spiro atoms. The van der Waals surface area contributed by atoms with Gasteiger partial charge in [-0.25, -0.2) is 4.79 Å². The van der Waals surface area contributed by atoms with Gasteiger partial charge in [-0.05, 0) is 28.7 Å². The van der Waals surface area contributed by atoms with Crippen molar-refractivity contribution in [3.8, 4) is 22.7 Å². The van der Waals surface area contributed by atoms with Gasteiger partial charge in [-0.1, -0.05) is 57.2 Å². The molecule has 0 radical (unpaired) electrons. The van der Waals surface area contributed by atoms with Crippen LogP contribution in [0.5, 0.6) is 5.75 Å². The minimum absolute atomic E-state index is 0.000321. The summed E-state index contributed by atoms with van der Waals surface area (Å²) in [6, 6.07) is 15.0. The molecular weight excluding hydrogens is 378 g/mol. The molecule has 2 heterocycles. The summed E-state index contributed by atoms with van der Waals surface area (Å²) in [5, 5.41) is 10.9. The van der Waals surface area contributed by atoms with E-state index in [0.29, 0.717) is 22.3 Å². The molecule has 30 heavy (non-hydrogen) atoms. The van der Waals surface area contributed by atoms with Gasteiger partial charge in [-0.15, -0.1) is 0 Å². The number of fused-ring (bicyclic) bond motifs is 1. The quantitative estimate of drug-likeness (QED) is 0.555. The number of aromatic hydroxyl groups is 1. The van der Waals surface area contributed by atoms with Crippen LogP contribution in [0, 0.1) is 0 Å². The molecule has 2 aromatic carbocycles. The maximum Gasteiger partial charge on any atom is 0.330 e. The topological polar surface area (TPSA) is 69.2 Å². The van der Waals surface area contributed by atoms with Gasteiger partial charge < -0.3 is 9.67 Å². The Labute approximate surface area is 174 Å². The number of benzene rings is 2. The van der Waals surface area contributed by atoms with Crippen LogP contribution in [0.3, 0.4) is 0 Å². The average molecular weight is 403 g/mol. The maximum absolute atomic E-state index is 13.1. The molecule has 0 unspecified atom stereocenters. The van der Waals surface area contributed by atoms with Crippen molar-refractivity contribution in [1.82, 2.24) is 13.7 Å². The number of hydrogen-bond donors (Lipinski definition) is 1. The molecule has 0 aliphatic rings. The van der Waals surface area contributed by atoms with E-state index in [9.17, 15) is 14.7 Å². The standard InChI is InChI=1S/C24H25N3O3/c1-24(2,3)16-12-10-15(11-13-16)21-20-18(25(4)23(30)26(5)22(20)29)14-27(21)17-8-6-7-9-19(17)28/h6-14,28H,1-5H3. The highest BCUT2D eigenvalue weighted by atomic mass is 16.3. The number of nitrogens with zero attached hydrogens (tertiary/aromatic N) is 3. The predicted molar refractivity (Wildman–Crippen MR) is 120 cm³/mol. The average Bonchev–Trinajstić information content (AvgIpc) is 3.11. The van der Waals surface area contributed by atoms with E-state index < -0.39 is 5.69 Å². The molecule has 2 aromatic heterocycles. The monoisotopic (exact) mass is 403 g/mol. The largest absolute Gasteiger partial charge is 0.506 e. The first kappa shape index (κ1) is 19.8. The molecule has 1 N–H and O–H groups in total. The van der Waals surface area contributed by atoms with Crippen molar-refractivity contribution in [1.29, 1.82) is 0 Å². The SMILES string of the molecule is Cn1c(=O)c2c(-c3ccc(C(C)(C)C)cc3)n(-c3ccccc3O)cc2n(C)c1=O. The summed E-state index contributed by atoms with van der Waals surface area (Å²) in [5.41, 5.74) is 2.95. The molecule has 0 fully saturated rings. The summed E-state index contributed by atoms with van der Waals surface area (Å²) in [6.07, 6.45) is 1.74. The van der Waals surface area contributed by atoms with Crippen LogP contribution in [0.1, 0.15) is 26.3 Å². The molecule has 0 saturated heterocycles. The van der Waals surface area contributed by atoms with Crippen molar-refractivity contribution in [3.05, 3.63) is 81.1 Å². The van der Waals surface area contributed by atoms with Crippen molar-refractivity contribution >= 4 is 10.9 Å². The summed E-state index contributed by atoms with van der Waals surface area (Å²) < 4.78 is 4.36. The Hall–Kier alpha value is -3.54. The Morgan fingerprint density at radius 2 is 1.50 bits per heavy atom. The van der Waals surface area contributed by atoms with Crippen LogP contribution >= 0.6 is 0 Å². The van der Waals surface area contributed by atoms with Gasteiger partial charge in [0.05, 0.1) is 22.3 Å². The second-order valence-electron chi connectivity index (χ2n) is 8.63. The van der Waals surface area contributed by atoms with Gasteiger partial charge in [0.2, 0.25) is 0 Å². The van der Waals surface area contributed by atoms with Crippen LogP contribution in [0.15, 0.2) is 64.3 Å². The number of aryl methyl sites for hydroxylation is 1. The number of rotatable bonds is 2. The highest BCUT2D eigenvalue weighted by molar-refractivity contribution is 5.95. The van der Waals surface area contributed by atoms with E-state index in [1.165, 1.54) is 17.2 Å². The van der Waals surface area contributed by atoms with Gasteiger partial charge in [0.1, 0.15) is 5.75 Å². The minimum Gasteiger partial charge on any atom is -0.506 e. The second kappa shape index (κ2) is 6.76. The highest BCUT2D eigenvalue weighted by Gasteiger charge is 2.22. The Balaban J connectivity index is 2.14. The van der Waals surface area contributed by atoms with E-state index in [1.807, 2.05) is 18.2 Å². The van der Waals surface area contributed by atoms with E-state index in [2.05, 4.69) is 32.9 Å². The Morgan fingerprint density at radius 1 is 0.867 bits per heavy atom. The lowest BCUT2D eigenvalue weighted by Crippen LogP contribution is -2.36. The third kappa shape index (κ3) is 2.96. The fourth-order valence-electron chi connectivity index (χ4n) is 3.81. The van der Waals surface area contributed by atoms with Gasteiger partial charge in [0, 0.05) is 20.3 Å². The summed E-state index contributed by atoms with van der Waals surface area (Å²) in [5.74, 6) is 0.0900. The Morgan fingerprint density at radius 3 is 2.10 bits per heavy atom. The molecule has 6 nitrogen and oxygen atoms in total. The molecule has 0 atom stereocenters. The zero-order chi connectivity index (χ0) is 21.8. The summed E-state index contributed by atoms with van der Waals surface area (Å²) in [4.78, 5) is 25.6. The maximum atomic E-state index is 13.1. The van der Waals surface area contributed by atoms with E-state index in [1.54, 1.807) is 36.0 Å². The van der Waals surface area contributed by atoms with Crippen LogP contribution in [0.2, 0.25) is 0 Å². The second-order valence-corrected chi connectivity index (χ2v) is 8.63. The molecule has 0 aliphatic carbocycles. The van der Waals surface area contributed by atoms with Gasteiger partial charge >= 0.3 is 5.69 Å². The number of aromatic nitrogens is 3. The van der Waals surface area contributed by atoms with E-state index in [4.69, 9.17) is 0 Å². The summed E-state index contributed by atoms with van der Waals surface area (Å²) in [6.45, 7) is 6.44. The third-order valence-electron chi connectivity index (χ3n) is 5.60. The molecule has 0 bridgehead atoms. The first-order chi connectivity index (χ1) is 14.1. The van der Waals surface area contributed by atoms with E-state index >= 15 is 0 Å². The van der Waals surface area contributed by atoms with Crippen LogP contribution in [0.4, 0.5) is 0 Å². The predicted octanol–water partition coefficient (Wildman–Crippen LogP) is 3.70. The Kier molecular flexibility index (Phi) is 4.45. The van der Waals surface area contributed by atoms with Crippen molar-refractivity contribution in [2.24, 2.45) is 14.1 Å². The zero-order valence-corrected chi connectivity index (χ0v) is 17.8. The third-order valence-corrected chi connectivity index (χ3v) is 5.60. The van der Waals surface area contributed by atoms with Crippen molar-refractivity contribution in [2.75, 3.05) is 0 Å². The van der Waals surface area contributed by atoms with Gasteiger partial charge in [-0.3, -0.25) is 13.9 Å². The molecule has 0 amide bonds. The van der Waals surface area contributed by atoms with Gasteiger partial charge in [0.25, 0.3) is 5.56 Å². The fraction of sp³-hybridized carbons (Fsp3) is 0.250. The summed E-state index contributed by atoms with van der Waals surface area (Å²) >= 11 is 0. The zero-order valence-electron chi connectivity index (χ0n) is 17.8. The normalized spacial score (nSPS) is 11.9. The van der Waals surface area contributed by atoms with Crippen molar-refractivity contribution < 1.29 is 5.11 Å². The molecular formula is C24H25N3O3. The van der Waals surface area contributed by atoms with E-state index in [-0.39, 0.29) is 16.7 Å². The summed E-state index contributed by atoms with van der Waals surface area (Å²) in [7, 11) is 3.12. The van der Waals surface area contributed by atoms with Gasteiger partial charge in [0.15, 0.2) is 0 Å². The number of phenolic OH excluding ortho intramolecular Hbond substituents is 1. The molecule has 154 valence electrons. The van der Waals surface area contributed by atoms with Gasteiger partial charge in [-0.2, -0.15) is 0 Å². The fourth-order valence-corrected chi connectivity index (χ4v) is 3.81. The molecule has 0 aliphatic heterocycles. The molecule has 6 heteroatoms. The minimum atomic E-state index is -0.392. The molecule has 4 rings (SSSR count). The number of para-hydroxylation sites is 2. The van der Waals surface area contributed by atoms with Crippen LogP contribution < -0.4 is 11.2 Å².